The normalized spacial score (nSPS) is 10.1. The minimum Gasteiger partial charge on any atom is -0.489 e. The quantitative estimate of drug-likeness (QED) is 0.442. The van der Waals surface area contributed by atoms with Crippen LogP contribution >= 0.6 is 0 Å². The van der Waals surface area contributed by atoms with Crippen molar-refractivity contribution in [2.24, 2.45) is 0 Å². The number of hydrogen-bond donors (Lipinski definition) is 0. The van der Waals surface area contributed by atoms with Crippen molar-refractivity contribution >= 4 is 5.69 Å². The van der Waals surface area contributed by atoms with E-state index in [1.54, 1.807) is 12.1 Å². The van der Waals surface area contributed by atoms with Crippen LogP contribution in [-0.2, 0) is 13.0 Å². The maximum absolute atomic E-state index is 11.1. The van der Waals surface area contributed by atoms with E-state index in [2.05, 4.69) is 0 Å². The van der Waals surface area contributed by atoms with Gasteiger partial charge in [-0.25, -0.2) is 0 Å². The largest absolute Gasteiger partial charge is 0.489 e. The summed E-state index contributed by atoms with van der Waals surface area (Å²) in [5.74, 6) is 0.645. The fourth-order valence-corrected chi connectivity index (χ4v) is 2.05. The highest BCUT2D eigenvalue weighted by Crippen LogP contribution is 2.25. The highest BCUT2D eigenvalue weighted by Gasteiger charge is 2.13. The Balaban J connectivity index is 2.17. The predicted molar refractivity (Wildman–Crippen MR) is 87.0 cm³/mol. The van der Waals surface area contributed by atoms with Gasteiger partial charge in [-0.2, -0.15) is 0 Å². The van der Waals surface area contributed by atoms with Crippen molar-refractivity contribution in [3.63, 3.8) is 0 Å². The molecule has 0 amide bonds. The summed E-state index contributed by atoms with van der Waals surface area (Å²) in [7, 11) is 0. The molecule has 0 atom stereocenters. The van der Waals surface area contributed by atoms with Crippen LogP contribution in [0.15, 0.2) is 60.2 Å². The first-order chi connectivity index (χ1) is 10.6. The van der Waals surface area contributed by atoms with E-state index in [9.17, 15) is 10.1 Å². The molecule has 0 N–H and O–H groups in total. The van der Waals surface area contributed by atoms with E-state index in [0.29, 0.717) is 24.3 Å². The lowest BCUT2D eigenvalue weighted by molar-refractivity contribution is -0.385. The van der Waals surface area contributed by atoms with E-state index in [-0.39, 0.29) is 10.6 Å². The van der Waals surface area contributed by atoms with Crippen LogP contribution in [0, 0.1) is 10.1 Å². The Bertz CT molecular complexity index is 674. The molecule has 0 saturated carbocycles. The predicted octanol–water partition coefficient (Wildman–Crippen LogP) is 4.68. The maximum Gasteiger partial charge on any atom is 0.273 e. The van der Waals surface area contributed by atoms with E-state index in [1.165, 1.54) is 6.07 Å². The van der Waals surface area contributed by atoms with Crippen LogP contribution in [0.1, 0.15) is 25.0 Å². The van der Waals surface area contributed by atoms with Gasteiger partial charge in [-0.3, -0.25) is 10.1 Å². The Hall–Kier alpha value is -2.62. The molecule has 4 nitrogen and oxygen atoms in total. The van der Waals surface area contributed by atoms with E-state index >= 15 is 0 Å². The summed E-state index contributed by atoms with van der Waals surface area (Å²) >= 11 is 0. The molecule has 0 spiro atoms. The Kier molecular flexibility index (Phi) is 5.31. The fraction of sp³-hybridized carbons (Fsp3) is 0.222. The Morgan fingerprint density at radius 1 is 1.18 bits per heavy atom. The number of hydrogen-bond acceptors (Lipinski definition) is 3. The lowest BCUT2D eigenvalue weighted by Crippen LogP contribution is -1.99. The monoisotopic (exact) mass is 297 g/mol. The average molecular weight is 297 g/mol. The van der Waals surface area contributed by atoms with Crippen molar-refractivity contribution in [3.05, 3.63) is 81.4 Å². The van der Waals surface area contributed by atoms with Crippen LogP contribution in [0.4, 0.5) is 5.69 Å². The van der Waals surface area contributed by atoms with Crippen molar-refractivity contribution in [3.8, 4) is 5.75 Å². The SMILES string of the molecule is CC(C)=CCc1cc(OCc2ccccc2)ccc1[N+](=O)[O-]. The second-order valence-electron chi connectivity index (χ2n) is 5.31. The molecule has 114 valence electrons. The van der Waals surface area contributed by atoms with Gasteiger partial charge in [-0.1, -0.05) is 42.0 Å². The van der Waals surface area contributed by atoms with Crippen LogP contribution in [0.3, 0.4) is 0 Å². The number of nitrogens with zero attached hydrogens (tertiary/aromatic N) is 1. The van der Waals surface area contributed by atoms with E-state index in [1.807, 2.05) is 50.3 Å². The molecule has 0 radical (unpaired) electrons. The van der Waals surface area contributed by atoms with Gasteiger partial charge in [-0.05, 0) is 38.0 Å². The van der Waals surface area contributed by atoms with Crippen molar-refractivity contribution in [1.29, 1.82) is 0 Å². The van der Waals surface area contributed by atoms with Gasteiger partial charge >= 0.3 is 0 Å². The maximum atomic E-state index is 11.1. The van der Waals surface area contributed by atoms with Gasteiger partial charge in [-0.15, -0.1) is 0 Å². The van der Waals surface area contributed by atoms with Gasteiger partial charge in [0.15, 0.2) is 0 Å². The summed E-state index contributed by atoms with van der Waals surface area (Å²) in [6.45, 7) is 4.39. The third-order valence-electron chi connectivity index (χ3n) is 3.23. The molecule has 0 aromatic heterocycles. The molecule has 2 aromatic carbocycles. The molecule has 0 heterocycles. The highest BCUT2D eigenvalue weighted by molar-refractivity contribution is 5.46. The zero-order chi connectivity index (χ0) is 15.9. The summed E-state index contributed by atoms with van der Waals surface area (Å²) in [5.41, 5.74) is 2.98. The average Bonchev–Trinajstić information content (AvgIpc) is 2.51. The van der Waals surface area contributed by atoms with Crippen LogP contribution in [0.2, 0.25) is 0 Å². The summed E-state index contributed by atoms with van der Waals surface area (Å²) in [6, 6.07) is 14.7. The third kappa shape index (κ3) is 4.45. The Labute approximate surface area is 130 Å². The molecular formula is C18H19NO3. The van der Waals surface area contributed by atoms with Gasteiger partial charge in [0.25, 0.3) is 5.69 Å². The molecule has 0 unspecified atom stereocenters. The topological polar surface area (TPSA) is 52.4 Å². The van der Waals surface area contributed by atoms with Crippen LogP contribution in [0.25, 0.3) is 0 Å². The first kappa shape index (κ1) is 15.8. The lowest BCUT2D eigenvalue weighted by atomic mass is 10.1. The zero-order valence-corrected chi connectivity index (χ0v) is 12.8. The molecule has 0 aliphatic heterocycles. The summed E-state index contributed by atoms with van der Waals surface area (Å²) in [6.07, 6.45) is 2.50. The smallest absolute Gasteiger partial charge is 0.273 e. The molecule has 0 aliphatic carbocycles. The third-order valence-corrected chi connectivity index (χ3v) is 3.23. The second kappa shape index (κ2) is 7.41. The van der Waals surface area contributed by atoms with Crippen molar-refractivity contribution in [2.45, 2.75) is 26.9 Å². The molecule has 0 bridgehead atoms. The number of allylic oxidation sites excluding steroid dienone is 2. The molecule has 22 heavy (non-hydrogen) atoms. The van der Waals surface area contributed by atoms with Crippen LogP contribution < -0.4 is 4.74 Å². The highest BCUT2D eigenvalue weighted by atomic mass is 16.6. The fourth-order valence-electron chi connectivity index (χ4n) is 2.05. The van der Waals surface area contributed by atoms with Crippen molar-refractivity contribution in [2.75, 3.05) is 0 Å². The molecule has 4 heteroatoms. The summed E-state index contributed by atoms with van der Waals surface area (Å²) in [5, 5.41) is 11.1. The molecule has 2 aromatic rings. The number of ether oxygens (including phenoxy) is 1. The van der Waals surface area contributed by atoms with Gasteiger partial charge in [0.2, 0.25) is 0 Å². The number of rotatable bonds is 6. The van der Waals surface area contributed by atoms with Gasteiger partial charge < -0.3 is 4.74 Å². The Morgan fingerprint density at radius 2 is 1.91 bits per heavy atom. The Morgan fingerprint density at radius 3 is 2.55 bits per heavy atom. The van der Waals surface area contributed by atoms with Crippen molar-refractivity contribution in [1.82, 2.24) is 0 Å². The number of nitro benzene ring substituents is 1. The summed E-state index contributed by atoms with van der Waals surface area (Å²) < 4.78 is 5.73. The van der Waals surface area contributed by atoms with Gasteiger partial charge in [0, 0.05) is 11.6 Å². The molecule has 2 rings (SSSR count). The van der Waals surface area contributed by atoms with E-state index in [4.69, 9.17) is 4.74 Å². The van der Waals surface area contributed by atoms with Crippen LogP contribution in [0.5, 0.6) is 5.75 Å². The standard InChI is InChI=1S/C18H19NO3/c1-14(2)8-9-16-12-17(10-11-18(16)19(20)21)22-13-15-6-4-3-5-7-15/h3-8,10-12H,9,13H2,1-2H3. The molecular weight excluding hydrogens is 278 g/mol. The first-order valence-electron chi connectivity index (χ1n) is 7.13. The van der Waals surface area contributed by atoms with Gasteiger partial charge in [0.05, 0.1) is 4.92 Å². The van der Waals surface area contributed by atoms with Crippen molar-refractivity contribution < 1.29 is 9.66 Å². The minimum absolute atomic E-state index is 0.129. The van der Waals surface area contributed by atoms with Gasteiger partial charge in [0.1, 0.15) is 12.4 Å². The van der Waals surface area contributed by atoms with Crippen LogP contribution in [-0.4, -0.2) is 4.92 Å². The van der Waals surface area contributed by atoms with E-state index in [0.717, 1.165) is 11.1 Å². The molecule has 0 saturated heterocycles. The van der Waals surface area contributed by atoms with E-state index < -0.39 is 0 Å². The minimum atomic E-state index is -0.352. The summed E-state index contributed by atoms with van der Waals surface area (Å²) in [4.78, 5) is 10.7. The molecule has 0 fully saturated rings. The number of nitro groups is 1. The lowest BCUT2D eigenvalue weighted by Gasteiger charge is -2.08. The second-order valence-corrected chi connectivity index (χ2v) is 5.31. The number of benzene rings is 2. The first-order valence-corrected chi connectivity index (χ1v) is 7.13. The zero-order valence-electron chi connectivity index (χ0n) is 12.8. The molecule has 0 aliphatic rings.